The van der Waals surface area contributed by atoms with Crippen molar-refractivity contribution in [3.05, 3.63) is 23.5 Å². The summed E-state index contributed by atoms with van der Waals surface area (Å²) in [5.41, 5.74) is 3.30. The lowest BCUT2D eigenvalue weighted by Crippen LogP contribution is -2.13. The SMILES string of the molecule is Nc1ncc(C=CC(=O)O)c(C(F)(F)F)n1. The minimum absolute atomic E-state index is 0.455. The molecule has 86 valence electrons. The number of nitrogen functional groups attached to an aromatic ring is 1. The van der Waals surface area contributed by atoms with Gasteiger partial charge in [-0.15, -0.1) is 0 Å². The van der Waals surface area contributed by atoms with Crippen molar-refractivity contribution in [1.29, 1.82) is 0 Å². The highest BCUT2D eigenvalue weighted by Gasteiger charge is 2.35. The van der Waals surface area contributed by atoms with Crippen molar-refractivity contribution in [2.24, 2.45) is 0 Å². The van der Waals surface area contributed by atoms with Crippen LogP contribution in [0.5, 0.6) is 0 Å². The third-order valence-corrected chi connectivity index (χ3v) is 1.51. The maximum absolute atomic E-state index is 12.4. The smallest absolute Gasteiger partial charge is 0.434 e. The Bertz CT molecular complexity index is 443. The van der Waals surface area contributed by atoms with Crippen molar-refractivity contribution >= 4 is 18.0 Å². The molecular weight excluding hydrogens is 227 g/mol. The molecule has 1 heterocycles. The van der Waals surface area contributed by atoms with Gasteiger partial charge in [0, 0.05) is 17.8 Å². The summed E-state index contributed by atoms with van der Waals surface area (Å²) in [5, 5.41) is 8.29. The summed E-state index contributed by atoms with van der Waals surface area (Å²) in [7, 11) is 0. The van der Waals surface area contributed by atoms with Crippen LogP contribution >= 0.6 is 0 Å². The molecule has 0 fully saturated rings. The van der Waals surface area contributed by atoms with E-state index in [9.17, 15) is 18.0 Å². The molecule has 8 heteroatoms. The van der Waals surface area contributed by atoms with Gasteiger partial charge >= 0.3 is 12.1 Å². The Morgan fingerprint density at radius 3 is 2.62 bits per heavy atom. The van der Waals surface area contributed by atoms with E-state index >= 15 is 0 Å². The number of carboxylic acids is 1. The number of hydrogen-bond acceptors (Lipinski definition) is 4. The predicted octanol–water partition coefficient (Wildman–Crippen LogP) is 1.18. The number of carboxylic acid groups (broad SMARTS) is 1. The number of anilines is 1. The second kappa shape index (κ2) is 4.17. The fourth-order valence-electron chi connectivity index (χ4n) is 0.915. The van der Waals surface area contributed by atoms with Crippen LogP contribution in [0.15, 0.2) is 12.3 Å². The van der Waals surface area contributed by atoms with Gasteiger partial charge in [-0.05, 0) is 6.08 Å². The summed E-state index contributed by atoms with van der Waals surface area (Å²) in [6, 6.07) is 0. The molecule has 1 aromatic heterocycles. The third kappa shape index (κ3) is 2.94. The average Bonchev–Trinajstić information content (AvgIpc) is 2.14. The molecule has 0 bridgehead atoms. The Labute approximate surface area is 87.4 Å². The van der Waals surface area contributed by atoms with Crippen LogP contribution in [-0.4, -0.2) is 21.0 Å². The van der Waals surface area contributed by atoms with Gasteiger partial charge in [0.1, 0.15) is 0 Å². The molecule has 0 radical (unpaired) electrons. The molecule has 0 aliphatic heterocycles. The highest BCUT2D eigenvalue weighted by atomic mass is 19.4. The second-order valence-corrected chi connectivity index (χ2v) is 2.70. The van der Waals surface area contributed by atoms with Crippen LogP contribution in [0.1, 0.15) is 11.3 Å². The molecule has 0 saturated carbocycles. The fourth-order valence-corrected chi connectivity index (χ4v) is 0.915. The topological polar surface area (TPSA) is 89.1 Å². The van der Waals surface area contributed by atoms with Gasteiger partial charge < -0.3 is 10.8 Å². The van der Waals surface area contributed by atoms with Crippen LogP contribution in [0.25, 0.3) is 6.08 Å². The van der Waals surface area contributed by atoms with Gasteiger partial charge in [-0.25, -0.2) is 14.8 Å². The zero-order valence-electron chi connectivity index (χ0n) is 7.69. The van der Waals surface area contributed by atoms with E-state index in [0.29, 0.717) is 6.08 Å². The highest BCUT2D eigenvalue weighted by molar-refractivity contribution is 5.85. The number of rotatable bonds is 2. The first-order chi connectivity index (χ1) is 7.30. The van der Waals surface area contributed by atoms with Gasteiger partial charge in [-0.2, -0.15) is 13.2 Å². The molecule has 0 amide bonds. The first kappa shape index (κ1) is 12.0. The molecule has 0 aromatic carbocycles. The molecule has 16 heavy (non-hydrogen) atoms. The molecule has 3 N–H and O–H groups in total. The van der Waals surface area contributed by atoms with Crippen LogP contribution in [0.2, 0.25) is 0 Å². The molecule has 0 aliphatic rings. The van der Waals surface area contributed by atoms with E-state index in [2.05, 4.69) is 9.97 Å². The standard InChI is InChI=1S/C8H6F3N3O2/c9-8(10,11)6-4(1-2-5(15)16)3-13-7(12)14-6/h1-3H,(H,15,16)(H2,12,13,14). The summed E-state index contributed by atoms with van der Waals surface area (Å²) >= 11 is 0. The van der Waals surface area contributed by atoms with Crippen molar-refractivity contribution in [1.82, 2.24) is 9.97 Å². The average molecular weight is 233 g/mol. The van der Waals surface area contributed by atoms with Crippen molar-refractivity contribution in [2.75, 3.05) is 5.73 Å². The van der Waals surface area contributed by atoms with Crippen LogP contribution in [0.3, 0.4) is 0 Å². The lowest BCUT2D eigenvalue weighted by Gasteiger charge is -2.08. The second-order valence-electron chi connectivity index (χ2n) is 2.70. The van der Waals surface area contributed by atoms with E-state index in [-0.39, 0.29) is 0 Å². The zero-order chi connectivity index (χ0) is 12.3. The van der Waals surface area contributed by atoms with E-state index in [0.717, 1.165) is 12.3 Å². The summed E-state index contributed by atoms with van der Waals surface area (Å²) in [6.45, 7) is 0. The predicted molar refractivity (Wildman–Crippen MR) is 48.1 cm³/mol. The van der Waals surface area contributed by atoms with Gasteiger partial charge in [-0.1, -0.05) is 0 Å². The number of aromatic nitrogens is 2. The molecule has 1 rings (SSSR count). The number of aliphatic carboxylic acids is 1. The molecule has 0 spiro atoms. The van der Waals surface area contributed by atoms with Gasteiger partial charge in [0.05, 0.1) is 0 Å². The number of alkyl halides is 3. The maximum Gasteiger partial charge on any atom is 0.434 e. The summed E-state index contributed by atoms with van der Waals surface area (Å²) in [4.78, 5) is 16.5. The van der Waals surface area contributed by atoms with Crippen LogP contribution in [0, 0.1) is 0 Å². The Hall–Kier alpha value is -2.12. The number of halogens is 3. The van der Waals surface area contributed by atoms with Crippen molar-refractivity contribution in [3.8, 4) is 0 Å². The largest absolute Gasteiger partial charge is 0.478 e. The summed E-state index contributed by atoms with van der Waals surface area (Å²) in [5.74, 6) is -1.90. The Balaban J connectivity index is 3.23. The van der Waals surface area contributed by atoms with E-state index in [4.69, 9.17) is 10.8 Å². The zero-order valence-corrected chi connectivity index (χ0v) is 7.69. The van der Waals surface area contributed by atoms with Gasteiger partial charge in [0.2, 0.25) is 5.95 Å². The maximum atomic E-state index is 12.4. The van der Waals surface area contributed by atoms with Crippen molar-refractivity contribution in [3.63, 3.8) is 0 Å². The Morgan fingerprint density at radius 2 is 2.12 bits per heavy atom. The highest BCUT2D eigenvalue weighted by Crippen LogP contribution is 2.30. The third-order valence-electron chi connectivity index (χ3n) is 1.51. The van der Waals surface area contributed by atoms with Crippen LogP contribution < -0.4 is 5.73 Å². The minimum Gasteiger partial charge on any atom is -0.478 e. The molecule has 5 nitrogen and oxygen atoms in total. The quantitative estimate of drug-likeness (QED) is 0.748. The number of nitrogens with zero attached hydrogens (tertiary/aromatic N) is 2. The Morgan fingerprint density at radius 1 is 1.50 bits per heavy atom. The molecule has 1 aromatic rings. The van der Waals surface area contributed by atoms with E-state index in [1.807, 2.05) is 0 Å². The lowest BCUT2D eigenvalue weighted by atomic mass is 10.2. The Kier molecular flexibility index (Phi) is 3.11. The molecule has 0 aliphatic carbocycles. The number of carbonyl (C=O) groups is 1. The molecule has 0 saturated heterocycles. The lowest BCUT2D eigenvalue weighted by molar-refractivity contribution is -0.141. The van der Waals surface area contributed by atoms with Gasteiger partial charge in [0.25, 0.3) is 0 Å². The van der Waals surface area contributed by atoms with E-state index in [1.165, 1.54) is 0 Å². The fraction of sp³-hybridized carbons (Fsp3) is 0.125. The van der Waals surface area contributed by atoms with E-state index < -0.39 is 29.4 Å². The molecule has 0 atom stereocenters. The van der Waals surface area contributed by atoms with Crippen LogP contribution in [-0.2, 0) is 11.0 Å². The van der Waals surface area contributed by atoms with Crippen molar-refractivity contribution in [2.45, 2.75) is 6.18 Å². The minimum atomic E-state index is -4.71. The monoisotopic (exact) mass is 233 g/mol. The van der Waals surface area contributed by atoms with Gasteiger partial charge in [-0.3, -0.25) is 0 Å². The van der Waals surface area contributed by atoms with Gasteiger partial charge in [0.15, 0.2) is 5.69 Å². The normalized spacial score (nSPS) is 11.9. The number of hydrogen-bond donors (Lipinski definition) is 2. The first-order valence-electron chi connectivity index (χ1n) is 3.91. The first-order valence-corrected chi connectivity index (χ1v) is 3.91. The van der Waals surface area contributed by atoms with E-state index in [1.54, 1.807) is 0 Å². The molecule has 0 unspecified atom stereocenters. The van der Waals surface area contributed by atoms with Crippen LogP contribution in [0.4, 0.5) is 19.1 Å². The summed E-state index contributed by atoms with van der Waals surface area (Å²) < 4.78 is 37.3. The molecular formula is C8H6F3N3O2. The van der Waals surface area contributed by atoms with Crippen molar-refractivity contribution < 1.29 is 23.1 Å². The number of nitrogens with two attached hydrogens (primary N) is 1. The summed E-state index contributed by atoms with van der Waals surface area (Å²) in [6.07, 6.45) is -2.59.